The van der Waals surface area contributed by atoms with E-state index < -0.39 is 23.5 Å². The molecular weight excluding hydrogens is 334 g/mol. The summed E-state index contributed by atoms with van der Waals surface area (Å²) in [6, 6.07) is 2.60. The van der Waals surface area contributed by atoms with Gasteiger partial charge in [0.25, 0.3) is 11.5 Å². The minimum atomic E-state index is -1.00. The van der Waals surface area contributed by atoms with Crippen molar-refractivity contribution in [1.29, 1.82) is 0 Å². The Hall–Kier alpha value is -2.70. The molecular formula is C19H21N3O4. The summed E-state index contributed by atoms with van der Waals surface area (Å²) in [4.78, 5) is 43.5. The van der Waals surface area contributed by atoms with Crippen LogP contribution in [0.5, 0.6) is 0 Å². The van der Waals surface area contributed by atoms with Gasteiger partial charge in [0.15, 0.2) is 0 Å². The van der Waals surface area contributed by atoms with Crippen LogP contribution in [0.1, 0.15) is 48.0 Å². The van der Waals surface area contributed by atoms with Gasteiger partial charge in [-0.3, -0.25) is 14.0 Å². The molecule has 1 saturated carbocycles. The first-order chi connectivity index (χ1) is 12.5. The molecule has 1 aliphatic carbocycles. The molecule has 7 heteroatoms. The Labute approximate surface area is 150 Å². The molecule has 1 amide bonds. The van der Waals surface area contributed by atoms with Crippen molar-refractivity contribution in [3.63, 3.8) is 0 Å². The van der Waals surface area contributed by atoms with E-state index in [1.54, 1.807) is 12.3 Å². The molecule has 0 radical (unpaired) electrons. The molecule has 4 rings (SSSR count). The molecule has 136 valence electrons. The molecule has 0 spiro atoms. The van der Waals surface area contributed by atoms with Gasteiger partial charge < -0.3 is 10.0 Å². The highest BCUT2D eigenvalue weighted by molar-refractivity contribution is 5.97. The van der Waals surface area contributed by atoms with Crippen LogP contribution in [0.2, 0.25) is 0 Å². The molecule has 1 saturated heterocycles. The predicted molar refractivity (Wildman–Crippen MR) is 94.2 cm³/mol. The third-order valence-corrected chi connectivity index (χ3v) is 5.77. The summed E-state index contributed by atoms with van der Waals surface area (Å²) < 4.78 is 1.35. The number of carbonyl (C=O) groups is 2. The number of aromatic nitrogens is 2. The SMILES string of the molecule is Cc1cccn2c(=O)c(C(=O)N3C(C(=O)O)CC4CCCCC43)cnc12. The first kappa shape index (κ1) is 16.8. The molecule has 3 heterocycles. The Morgan fingerprint density at radius 2 is 2.04 bits per heavy atom. The van der Waals surface area contributed by atoms with Gasteiger partial charge in [-0.25, -0.2) is 9.78 Å². The fourth-order valence-electron chi connectivity index (χ4n) is 4.51. The highest BCUT2D eigenvalue weighted by Crippen LogP contribution is 2.40. The summed E-state index contributed by atoms with van der Waals surface area (Å²) in [6.07, 6.45) is 7.11. The zero-order chi connectivity index (χ0) is 18.4. The largest absolute Gasteiger partial charge is 0.480 e. The molecule has 0 aromatic carbocycles. The second-order valence-electron chi connectivity index (χ2n) is 7.28. The lowest BCUT2D eigenvalue weighted by Gasteiger charge is -2.32. The highest BCUT2D eigenvalue weighted by Gasteiger charge is 2.48. The minimum Gasteiger partial charge on any atom is -0.480 e. The third-order valence-electron chi connectivity index (χ3n) is 5.77. The maximum absolute atomic E-state index is 13.2. The van der Waals surface area contributed by atoms with Gasteiger partial charge in [0.05, 0.1) is 0 Å². The average Bonchev–Trinajstić information content (AvgIpc) is 3.02. The van der Waals surface area contributed by atoms with E-state index in [9.17, 15) is 19.5 Å². The van der Waals surface area contributed by atoms with Gasteiger partial charge in [0, 0.05) is 18.4 Å². The fourth-order valence-corrected chi connectivity index (χ4v) is 4.51. The zero-order valence-electron chi connectivity index (χ0n) is 14.6. The van der Waals surface area contributed by atoms with E-state index in [2.05, 4.69) is 4.98 Å². The van der Waals surface area contributed by atoms with Crippen LogP contribution in [-0.2, 0) is 4.79 Å². The second-order valence-corrected chi connectivity index (χ2v) is 7.28. The van der Waals surface area contributed by atoms with Crippen LogP contribution < -0.4 is 5.56 Å². The lowest BCUT2D eigenvalue weighted by Crippen LogP contribution is -2.47. The van der Waals surface area contributed by atoms with Crippen molar-refractivity contribution in [1.82, 2.24) is 14.3 Å². The van der Waals surface area contributed by atoms with Crippen molar-refractivity contribution < 1.29 is 14.7 Å². The number of hydrogen-bond donors (Lipinski definition) is 1. The number of pyridine rings is 1. The number of amides is 1. The summed E-state index contributed by atoms with van der Waals surface area (Å²) >= 11 is 0. The van der Waals surface area contributed by atoms with Crippen LogP contribution in [0.25, 0.3) is 5.65 Å². The smallest absolute Gasteiger partial charge is 0.326 e. The van der Waals surface area contributed by atoms with Crippen LogP contribution in [0.3, 0.4) is 0 Å². The number of carbonyl (C=O) groups excluding carboxylic acids is 1. The molecule has 0 bridgehead atoms. The monoisotopic (exact) mass is 355 g/mol. The normalized spacial score (nSPS) is 25.3. The molecule has 2 aliphatic rings. The van der Waals surface area contributed by atoms with E-state index in [0.29, 0.717) is 12.1 Å². The number of carboxylic acids is 1. The number of carboxylic acid groups (broad SMARTS) is 1. The van der Waals surface area contributed by atoms with Crippen molar-refractivity contribution in [2.24, 2.45) is 5.92 Å². The minimum absolute atomic E-state index is 0.0643. The number of hydrogen-bond acceptors (Lipinski definition) is 4. The Balaban J connectivity index is 1.79. The average molecular weight is 355 g/mol. The van der Waals surface area contributed by atoms with E-state index in [-0.39, 0.29) is 17.5 Å². The van der Waals surface area contributed by atoms with Crippen molar-refractivity contribution in [2.75, 3.05) is 0 Å². The Bertz CT molecular complexity index is 951. The Kier molecular flexibility index (Phi) is 4.01. The molecule has 1 N–H and O–H groups in total. The second kappa shape index (κ2) is 6.23. The molecule has 2 fully saturated rings. The summed E-state index contributed by atoms with van der Waals surface area (Å²) in [5.74, 6) is -1.31. The van der Waals surface area contributed by atoms with Gasteiger partial charge in [-0.2, -0.15) is 0 Å². The van der Waals surface area contributed by atoms with E-state index in [1.807, 2.05) is 13.0 Å². The lowest BCUT2D eigenvalue weighted by atomic mass is 9.84. The topological polar surface area (TPSA) is 92.0 Å². The van der Waals surface area contributed by atoms with Gasteiger partial charge in [-0.15, -0.1) is 0 Å². The quantitative estimate of drug-likeness (QED) is 0.888. The maximum Gasteiger partial charge on any atom is 0.326 e. The number of aryl methyl sites for hydroxylation is 1. The number of likely N-dealkylation sites (tertiary alicyclic amines) is 1. The molecule has 2 aromatic rings. The summed E-state index contributed by atoms with van der Waals surface area (Å²) in [5, 5.41) is 9.61. The summed E-state index contributed by atoms with van der Waals surface area (Å²) in [7, 11) is 0. The lowest BCUT2D eigenvalue weighted by molar-refractivity contribution is -0.141. The number of rotatable bonds is 2. The molecule has 3 atom stereocenters. The molecule has 1 aliphatic heterocycles. The fraction of sp³-hybridized carbons (Fsp3) is 0.474. The molecule has 3 unspecified atom stereocenters. The van der Waals surface area contributed by atoms with Crippen LogP contribution in [0, 0.1) is 12.8 Å². The van der Waals surface area contributed by atoms with Crippen LogP contribution in [0.15, 0.2) is 29.3 Å². The number of fused-ring (bicyclic) bond motifs is 2. The van der Waals surface area contributed by atoms with Gasteiger partial charge in [0.2, 0.25) is 0 Å². The van der Waals surface area contributed by atoms with Crippen LogP contribution >= 0.6 is 0 Å². The summed E-state index contributed by atoms with van der Waals surface area (Å²) in [5.41, 5.74) is 0.819. The van der Waals surface area contributed by atoms with Gasteiger partial charge in [0.1, 0.15) is 17.3 Å². The third kappa shape index (κ3) is 2.50. The van der Waals surface area contributed by atoms with Crippen LogP contribution in [-0.4, -0.2) is 43.4 Å². The standard InChI is InChI=1S/C19H21N3O4/c1-11-5-4-8-21-16(11)20-10-13(17(21)23)18(24)22-14-7-3-2-6-12(14)9-15(22)19(25)26/h4-5,8,10,12,14-15H,2-3,6-7,9H2,1H3,(H,25,26). The van der Waals surface area contributed by atoms with E-state index in [0.717, 1.165) is 31.2 Å². The van der Waals surface area contributed by atoms with Crippen molar-refractivity contribution in [3.05, 3.63) is 46.0 Å². The van der Waals surface area contributed by atoms with Gasteiger partial charge >= 0.3 is 5.97 Å². The first-order valence-corrected chi connectivity index (χ1v) is 9.01. The summed E-state index contributed by atoms with van der Waals surface area (Å²) in [6.45, 7) is 1.84. The highest BCUT2D eigenvalue weighted by atomic mass is 16.4. The number of nitrogens with zero attached hydrogens (tertiary/aromatic N) is 3. The molecule has 26 heavy (non-hydrogen) atoms. The Morgan fingerprint density at radius 1 is 1.27 bits per heavy atom. The van der Waals surface area contributed by atoms with Crippen molar-refractivity contribution >= 4 is 17.5 Å². The van der Waals surface area contributed by atoms with Crippen molar-refractivity contribution in [2.45, 2.75) is 51.1 Å². The Morgan fingerprint density at radius 3 is 2.81 bits per heavy atom. The van der Waals surface area contributed by atoms with Gasteiger partial charge in [-0.1, -0.05) is 18.9 Å². The van der Waals surface area contributed by atoms with Crippen molar-refractivity contribution in [3.8, 4) is 0 Å². The van der Waals surface area contributed by atoms with Gasteiger partial charge in [-0.05, 0) is 43.7 Å². The maximum atomic E-state index is 13.2. The first-order valence-electron chi connectivity index (χ1n) is 9.01. The van der Waals surface area contributed by atoms with Crippen LogP contribution in [0.4, 0.5) is 0 Å². The molecule has 2 aromatic heterocycles. The number of aliphatic carboxylic acids is 1. The van der Waals surface area contributed by atoms with E-state index in [1.165, 1.54) is 15.5 Å². The predicted octanol–water partition coefficient (Wildman–Crippen LogP) is 1.86. The zero-order valence-corrected chi connectivity index (χ0v) is 14.6. The molecule has 7 nitrogen and oxygen atoms in total. The van der Waals surface area contributed by atoms with E-state index >= 15 is 0 Å². The van der Waals surface area contributed by atoms with E-state index in [4.69, 9.17) is 0 Å².